The molecular weight excluding hydrogens is 375 g/mol. The van der Waals surface area contributed by atoms with Crippen molar-refractivity contribution in [3.05, 3.63) is 59.7 Å². The lowest BCUT2D eigenvalue weighted by atomic mass is 10.1. The fourth-order valence-electron chi connectivity index (χ4n) is 2.32. The molecule has 0 radical (unpaired) electrons. The molecule has 0 saturated carbocycles. The fourth-order valence-corrected chi connectivity index (χ4v) is 2.32. The van der Waals surface area contributed by atoms with E-state index in [0.717, 1.165) is 12.1 Å². The molecule has 0 fully saturated rings. The number of amides is 1. The summed E-state index contributed by atoms with van der Waals surface area (Å²) in [4.78, 5) is 12.2. The number of alkyl halides is 3. The van der Waals surface area contributed by atoms with Gasteiger partial charge in [0.25, 0.3) is 5.91 Å². The predicted molar refractivity (Wildman–Crippen MR) is 94.9 cm³/mol. The van der Waals surface area contributed by atoms with Gasteiger partial charge in [0.05, 0.1) is 11.7 Å². The summed E-state index contributed by atoms with van der Waals surface area (Å²) in [5.41, 5.74) is -0.129. The molecule has 6 nitrogen and oxygen atoms in total. The summed E-state index contributed by atoms with van der Waals surface area (Å²) in [6, 6.07) is 10.6. The molecule has 2 aromatic carbocycles. The van der Waals surface area contributed by atoms with Crippen LogP contribution in [0.4, 0.5) is 19.2 Å². The smallest absolute Gasteiger partial charge is 0.416 e. The SMILES string of the molecule is CC(C)Oc1ccc(C(=O)Nc2nnc(-c3ccc(C(F)(F)F)cc3)o2)cc1. The van der Waals surface area contributed by atoms with Crippen LogP contribution in [0.25, 0.3) is 11.5 Å². The van der Waals surface area contributed by atoms with Gasteiger partial charge in [0.2, 0.25) is 5.89 Å². The van der Waals surface area contributed by atoms with Crippen molar-refractivity contribution >= 4 is 11.9 Å². The van der Waals surface area contributed by atoms with E-state index in [0.29, 0.717) is 16.9 Å². The second kappa shape index (κ2) is 7.71. The standard InChI is InChI=1S/C19H16F3N3O3/c1-11(2)27-15-9-5-12(6-10-15)16(26)23-18-25-24-17(28-18)13-3-7-14(8-4-13)19(20,21)22/h3-11H,1-2H3,(H,23,25,26). The van der Waals surface area contributed by atoms with Crippen molar-refractivity contribution in [3.63, 3.8) is 0 Å². The van der Waals surface area contributed by atoms with Gasteiger partial charge in [-0.05, 0) is 62.4 Å². The lowest BCUT2D eigenvalue weighted by Gasteiger charge is -2.09. The summed E-state index contributed by atoms with van der Waals surface area (Å²) in [7, 11) is 0. The maximum Gasteiger partial charge on any atom is 0.416 e. The van der Waals surface area contributed by atoms with Crippen molar-refractivity contribution in [1.29, 1.82) is 0 Å². The lowest BCUT2D eigenvalue weighted by molar-refractivity contribution is -0.137. The molecule has 1 heterocycles. The van der Waals surface area contributed by atoms with Gasteiger partial charge in [0.15, 0.2) is 0 Å². The van der Waals surface area contributed by atoms with Crippen molar-refractivity contribution in [2.45, 2.75) is 26.1 Å². The lowest BCUT2D eigenvalue weighted by Crippen LogP contribution is -2.12. The Kier molecular flexibility index (Phi) is 5.34. The highest BCUT2D eigenvalue weighted by molar-refractivity contribution is 6.03. The van der Waals surface area contributed by atoms with E-state index < -0.39 is 17.6 Å². The Morgan fingerprint density at radius 3 is 2.25 bits per heavy atom. The Morgan fingerprint density at radius 2 is 1.68 bits per heavy atom. The molecule has 0 unspecified atom stereocenters. The number of nitrogens with zero attached hydrogens (tertiary/aromatic N) is 2. The van der Waals surface area contributed by atoms with Gasteiger partial charge in [-0.3, -0.25) is 10.1 Å². The number of hydrogen-bond donors (Lipinski definition) is 1. The van der Waals surface area contributed by atoms with E-state index in [1.165, 1.54) is 12.1 Å². The van der Waals surface area contributed by atoms with Crippen LogP contribution in [0.5, 0.6) is 5.75 Å². The molecule has 9 heteroatoms. The zero-order valence-corrected chi connectivity index (χ0v) is 14.9. The van der Waals surface area contributed by atoms with E-state index in [9.17, 15) is 18.0 Å². The van der Waals surface area contributed by atoms with Gasteiger partial charge in [-0.25, -0.2) is 0 Å². The zero-order valence-electron chi connectivity index (χ0n) is 14.9. The average molecular weight is 391 g/mol. The Labute approximate surface area is 158 Å². The molecule has 1 N–H and O–H groups in total. The minimum absolute atomic E-state index is 0.00953. The van der Waals surface area contributed by atoms with Crippen molar-refractivity contribution in [2.75, 3.05) is 5.32 Å². The maximum atomic E-state index is 12.6. The number of halogens is 3. The number of rotatable bonds is 5. The molecule has 0 bridgehead atoms. The number of aromatic nitrogens is 2. The second-order valence-electron chi connectivity index (χ2n) is 6.13. The number of hydrogen-bond acceptors (Lipinski definition) is 5. The van der Waals surface area contributed by atoms with E-state index in [-0.39, 0.29) is 18.0 Å². The minimum atomic E-state index is -4.43. The minimum Gasteiger partial charge on any atom is -0.491 e. The molecule has 3 rings (SSSR count). The molecule has 0 atom stereocenters. The summed E-state index contributed by atoms with van der Waals surface area (Å²) in [5, 5.41) is 9.87. The van der Waals surface area contributed by atoms with Crippen molar-refractivity contribution in [3.8, 4) is 17.2 Å². The Balaban J connectivity index is 1.68. The summed E-state index contributed by atoms with van der Waals surface area (Å²) < 4.78 is 48.6. The number of nitrogens with one attached hydrogen (secondary N) is 1. The van der Waals surface area contributed by atoms with Crippen molar-refractivity contribution in [2.24, 2.45) is 0 Å². The van der Waals surface area contributed by atoms with E-state index >= 15 is 0 Å². The van der Waals surface area contributed by atoms with Crippen LogP contribution >= 0.6 is 0 Å². The van der Waals surface area contributed by atoms with Crippen LogP contribution in [-0.2, 0) is 6.18 Å². The molecule has 0 aliphatic heterocycles. The third-order valence-electron chi connectivity index (χ3n) is 3.59. The Morgan fingerprint density at radius 1 is 1.04 bits per heavy atom. The maximum absolute atomic E-state index is 12.6. The number of benzene rings is 2. The highest BCUT2D eigenvalue weighted by atomic mass is 19.4. The first-order valence-corrected chi connectivity index (χ1v) is 8.31. The molecule has 1 aromatic heterocycles. The quantitative estimate of drug-likeness (QED) is 0.676. The number of anilines is 1. The van der Waals surface area contributed by atoms with Crippen LogP contribution in [0, 0.1) is 0 Å². The highest BCUT2D eigenvalue weighted by Gasteiger charge is 2.30. The third-order valence-corrected chi connectivity index (χ3v) is 3.59. The van der Waals surface area contributed by atoms with E-state index in [2.05, 4.69) is 15.5 Å². The molecule has 0 spiro atoms. The zero-order chi connectivity index (χ0) is 20.3. The van der Waals surface area contributed by atoms with Gasteiger partial charge in [-0.2, -0.15) is 13.2 Å². The number of carbonyl (C=O) groups is 1. The van der Waals surface area contributed by atoms with Crippen LogP contribution in [0.2, 0.25) is 0 Å². The van der Waals surface area contributed by atoms with Crippen LogP contribution < -0.4 is 10.1 Å². The fraction of sp³-hybridized carbons (Fsp3) is 0.211. The van der Waals surface area contributed by atoms with Gasteiger partial charge < -0.3 is 9.15 Å². The van der Waals surface area contributed by atoms with Crippen LogP contribution in [0.3, 0.4) is 0 Å². The predicted octanol–water partition coefficient (Wildman–Crippen LogP) is 4.79. The number of ether oxygens (including phenoxy) is 1. The molecule has 28 heavy (non-hydrogen) atoms. The largest absolute Gasteiger partial charge is 0.491 e. The number of carbonyl (C=O) groups excluding carboxylic acids is 1. The summed E-state index contributed by atoms with van der Waals surface area (Å²) in [5.74, 6) is 0.150. The van der Waals surface area contributed by atoms with E-state index in [4.69, 9.17) is 9.15 Å². The van der Waals surface area contributed by atoms with Gasteiger partial charge >= 0.3 is 12.2 Å². The molecular formula is C19H16F3N3O3. The first kappa shape index (κ1) is 19.4. The summed E-state index contributed by atoms with van der Waals surface area (Å²) >= 11 is 0. The third kappa shape index (κ3) is 4.67. The van der Waals surface area contributed by atoms with Crippen molar-refractivity contribution in [1.82, 2.24) is 10.2 Å². The molecule has 0 aliphatic carbocycles. The highest BCUT2D eigenvalue weighted by Crippen LogP contribution is 2.31. The molecule has 146 valence electrons. The summed E-state index contributed by atoms with van der Waals surface area (Å²) in [6.45, 7) is 3.79. The normalized spacial score (nSPS) is 11.5. The average Bonchev–Trinajstić information content (AvgIpc) is 3.09. The first-order chi connectivity index (χ1) is 13.2. The van der Waals surface area contributed by atoms with E-state index in [1.54, 1.807) is 24.3 Å². The van der Waals surface area contributed by atoms with E-state index in [1.807, 2.05) is 13.8 Å². The second-order valence-corrected chi connectivity index (χ2v) is 6.13. The van der Waals surface area contributed by atoms with Crippen molar-refractivity contribution < 1.29 is 27.1 Å². The summed E-state index contributed by atoms with van der Waals surface area (Å²) in [6.07, 6.45) is -4.41. The van der Waals surface area contributed by atoms with Crippen LogP contribution in [0.1, 0.15) is 29.8 Å². The van der Waals surface area contributed by atoms with Gasteiger partial charge in [0, 0.05) is 11.1 Å². The van der Waals surface area contributed by atoms with Gasteiger partial charge in [0.1, 0.15) is 5.75 Å². The van der Waals surface area contributed by atoms with Gasteiger partial charge in [-0.1, -0.05) is 5.10 Å². The Bertz CT molecular complexity index is 949. The van der Waals surface area contributed by atoms with Crippen LogP contribution in [0.15, 0.2) is 52.9 Å². The van der Waals surface area contributed by atoms with Crippen LogP contribution in [-0.4, -0.2) is 22.2 Å². The Hall–Kier alpha value is -3.36. The topological polar surface area (TPSA) is 77.2 Å². The molecule has 0 aliphatic rings. The van der Waals surface area contributed by atoms with Gasteiger partial charge in [-0.15, -0.1) is 5.10 Å². The first-order valence-electron chi connectivity index (χ1n) is 8.31. The molecule has 3 aromatic rings. The monoisotopic (exact) mass is 391 g/mol. The molecule has 1 amide bonds. The molecule has 0 saturated heterocycles.